The Hall–Kier alpha value is -1.93. The molecule has 0 bridgehead atoms. The van der Waals surface area contributed by atoms with Crippen LogP contribution in [0.2, 0.25) is 0 Å². The topological polar surface area (TPSA) is 45.7 Å². The monoisotopic (exact) mass is 441 g/mol. The Morgan fingerprint density at radius 2 is 1.97 bits per heavy atom. The van der Waals surface area contributed by atoms with Crippen molar-refractivity contribution in [3.8, 4) is 0 Å². The molecule has 158 valence electrons. The molecule has 2 aromatic carbocycles. The van der Waals surface area contributed by atoms with Crippen LogP contribution in [0.15, 0.2) is 41.3 Å². The molecule has 1 aliphatic rings. The Kier molecular flexibility index (Phi) is 6.73. The third kappa shape index (κ3) is 4.70. The first-order valence-electron chi connectivity index (χ1n) is 10.2. The molecular formula is C23H27N3O2S2. The minimum atomic E-state index is 0.00617. The van der Waals surface area contributed by atoms with Gasteiger partial charge in [-0.3, -0.25) is 14.6 Å². The molecule has 1 fully saturated rings. The van der Waals surface area contributed by atoms with Crippen molar-refractivity contribution >= 4 is 44.4 Å². The number of carbonyl (C=O) groups is 1. The van der Waals surface area contributed by atoms with Crippen LogP contribution in [0.5, 0.6) is 0 Å². The molecule has 0 unspecified atom stereocenters. The number of hydrogen-bond acceptors (Lipinski definition) is 6. The lowest BCUT2D eigenvalue weighted by Gasteiger charge is -2.29. The maximum absolute atomic E-state index is 13.5. The normalized spacial score (nSPS) is 14.9. The van der Waals surface area contributed by atoms with Crippen LogP contribution in [-0.4, -0.2) is 61.4 Å². The van der Waals surface area contributed by atoms with Gasteiger partial charge in [-0.25, -0.2) is 4.98 Å². The number of anilines is 1. The molecule has 2 heterocycles. The van der Waals surface area contributed by atoms with Crippen LogP contribution >= 0.6 is 23.1 Å². The average molecular weight is 442 g/mol. The minimum absolute atomic E-state index is 0.00617. The summed E-state index contributed by atoms with van der Waals surface area (Å²) in [4.78, 5) is 23.7. The highest BCUT2D eigenvalue weighted by Crippen LogP contribution is 2.32. The zero-order valence-electron chi connectivity index (χ0n) is 17.7. The van der Waals surface area contributed by atoms with Gasteiger partial charge in [0.2, 0.25) is 0 Å². The summed E-state index contributed by atoms with van der Waals surface area (Å²) < 4.78 is 6.58. The van der Waals surface area contributed by atoms with Crippen molar-refractivity contribution in [3.63, 3.8) is 0 Å². The molecule has 4 rings (SSSR count). The summed E-state index contributed by atoms with van der Waals surface area (Å²) >= 11 is 3.24. The van der Waals surface area contributed by atoms with Crippen LogP contribution in [-0.2, 0) is 4.74 Å². The Labute approximate surface area is 186 Å². The van der Waals surface area contributed by atoms with Crippen molar-refractivity contribution in [1.82, 2.24) is 9.88 Å². The number of aryl methyl sites for hydroxylation is 2. The SMILES string of the molecule is CSc1cccc(C(=O)N(CCN2CCOCC2)c2nc3cc(C)c(C)cc3s2)c1. The number of amides is 1. The molecule has 1 aromatic heterocycles. The maximum Gasteiger partial charge on any atom is 0.260 e. The van der Waals surface area contributed by atoms with E-state index in [1.807, 2.05) is 35.4 Å². The standard InChI is InChI=1S/C23H27N3O2S2/c1-16-13-20-21(14-17(16)2)30-23(24-20)26(8-7-25-9-11-28-12-10-25)22(27)18-5-4-6-19(15-18)29-3/h4-6,13-15H,7-12H2,1-3H3. The van der Waals surface area contributed by atoms with Crippen molar-refractivity contribution in [2.24, 2.45) is 0 Å². The second-order valence-corrected chi connectivity index (χ2v) is 9.43. The molecule has 5 nitrogen and oxygen atoms in total. The Morgan fingerprint density at radius 3 is 2.73 bits per heavy atom. The lowest BCUT2D eigenvalue weighted by molar-refractivity contribution is 0.0391. The molecule has 1 saturated heterocycles. The van der Waals surface area contributed by atoms with Gasteiger partial charge in [0.1, 0.15) is 0 Å². The summed E-state index contributed by atoms with van der Waals surface area (Å²) in [5.41, 5.74) is 4.13. The first-order chi connectivity index (χ1) is 14.5. The smallest absolute Gasteiger partial charge is 0.260 e. The molecule has 0 atom stereocenters. The van der Waals surface area contributed by atoms with Crippen molar-refractivity contribution in [2.75, 3.05) is 50.5 Å². The summed E-state index contributed by atoms with van der Waals surface area (Å²) in [7, 11) is 0. The fraction of sp³-hybridized carbons (Fsp3) is 0.391. The van der Waals surface area contributed by atoms with Crippen LogP contribution in [0.3, 0.4) is 0 Å². The molecule has 7 heteroatoms. The van der Waals surface area contributed by atoms with E-state index < -0.39 is 0 Å². The highest BCUT2D eigenvalue weighted by atomic mass is 32.2. The molecule has 3 aromatic rings. The Bertz CT molecular complexity index is 1010. The molecule has 30 heavy (non-hydrogen) atoms. The zero-order chi connectivity index (χ0) is 21.1. The van der Waals surface area contributed by atoms with Gasteiger partial charge in [0, 0.05) is 36.6 Å². The van der Waals surface area contributed by atoms with Crippen LogP contribution in [0.25, 0.3) is 10.2 Å². The molecule has 0 aliphatic carbocycles. The fourth-order valence-corrected chi connectivity index (χ4v) is 5.07. The third-order valence-corrected chi connectivity index (χ3v) is 7.30. The molecule has 1 amide bonds. The first-order valence-corrected chi connectivity index (χ1v) is 12.2. The minimum Gasteiger partial charge on any atom is -0.379 e. The van der Waals surface area contributed by atoms with Crippen LogP contribution < -0.4 is 4.90 Å². The van der Waals surface area contributed by atoms with Gasteiger partial charge in [0.25, 0.3) is 5.91 Å². The van der Waals surface area contributed by atoms with E-state index in [9.17, 15) is 4.79 Å². The lowest BCUT2D eigenvalue weighted by atomic mass is 10.1. The number of rotatable bonds is 6. The number of thiazole rings is 1. The lowest BCUT2D eigenvalue weighted by Crippen LogP contribution is -2.43. The zero-order valence-corrected chi connectivity index (χ0v) is 19.3. The van der Waals surface area contributed by atoms with E-state index in [0.29, 0.717) is 12.1 Å². The van der Waals surface area contributed by atoms with Crippen LogP contribution in [0.4, 0.5) is 5.13 Å². The number of hydrogen-bond donors (Lipinski definition) is 0. The van der Waals surface area contributed by atoms with Gasteiger partial charge in [-0.2, -0.15) is 0 Å². The molecule has 1 aliphatic heterocycles. The summed E-state index contributed by atoms with van der Waals surface area (Å²) in [6.07, 6.45) is 2.03. The van der Waals surface area contributed by atoms with Crippen molar-refractivity contribution in [3.05, 3.63) is 53.1 Å². The van der Waals surface area contributed by atoms with Crippen molar-refractivity contribution in [2.45, 2.75) is 18.7 Å². The van der Waals surface area contributed by atoms with E-state index in [-0.39, 0.29) is 5.91 Å². The van der Waals surface area contributed by atoms with E-state index in [1.165, 1.54) is 11.1 Å². The summed E-state index contributed by atoms with van der Waals surface area (Å²) in [6.45, 7) is 8.95. The summed E-state index contributed by atoms with van der Waals surface area (Å²) in [5, 5.41) is 0.766. The number of carbonyl (C=O) groups excluding carboxylic acids is 1. The van der Waals surface area contributed by atoms with E-state index in [2.05, 4.69) is 30.9 Å². The van der Waals surface area contributed by atoms with Gasteiger partial charge in [-0.1, -0.05) is 17.4 Å². The van der Waals surface area contributed by atoms with Gasteiger partial charge in [-0.05, 0) is 61.6 Å². The average Bonchev–Trinajstić information content (AvgIpc) is 3.17. The number of nitrogens with zero attached hydrogens (tertiary/aromatic N) is 3. The number of fused-ring (bicyclic) bond motifs is 1. The number of aromatic nitrogens is 1. The molecular weight excluding hydrogens is 414 g/mol. The van der Waals surface area contributed by atoms with Gasteiger partial charge >= 0.3 is 0 Å². The third-order valence-electron chi connectivity index (χ3n) is 5.53. The van der Waals surface area contributed by atoms with E-state index in [0.717, 1.165) is 53.1 Å². The molecule has 0 N–H and O–H groups in total. The first kappa shape index (κ1) is 21.3. The van der Waals surface area contributed by atoms with Crippen LogP contribution in [0.1, 0.15) is 21.5 Å². The molecule has 0 radical (unpaired) electrons. The van der Waals surface area contributed by atoms with E-state index in [4.69, 9.17) is 9.72 Å². The second kappa shape index (κ2) is 9.47. The second-order valence-electron chi connectivity index (χ2n) is 7.54. The van der Waals surface area contributed by atoms with Gasteiger partial charge in [0.05, 0.1) is 23.4 Å². The van der Waals surface area contributed by atoms with Crippen LogP contribution in [0, 0.1) is 13.8 Å². The molecule has 0 spiro atoms. The quantitative estimate of drug-likeness (QED) is 0.523. The Morgan fingerprint density at radius 1 is 1.20 bits per heavy atom. The van der Waals surface area contributed by atoms with E-state index in [1.54, 1.807) is 23.1 Å². The highest BCUT2D eigenvalue weighted by molar-refractivity contribution is 7.98. The fourth-order valence-electron chi connectivity index (χ4n) is 3.55. The van der Waals surface area contributed by atoms with Gasteiger partial charge in [-0.15, -0.1) is 11.8 Å². The Balaban J connectivity index is 1.66. The number of morpholine rings is 1. The number of benzene rings is 2. The number of thioether (sulfide) groups is 1. The van der Waals surface area contributed by atoms with Gasteiger partial charge < -0.3 is 4.74 Å². The highest BCUT2D eigenvalue weighted by Gasteiger charge is 2.23. The van der Waals surface area contributed by atoms with E-state index >= 15 is 0 Å². The summed E-state index contributed by atoms with van der Waals surface area (Å²) in [6, 6.07) is 12.1. The van der Waals surface area contributed by atoms with Crippen molar-refractivity contribution < 1.29 is 9.53 Å². The number of ether oxygens (including phenoxy) is 1. The summed E-state index contributed by atoms with van der Waals surface area (Å²) in [5.74, 6) is 0.00617. The predicted octanol–water partition coefficient (Wildman–Crippen LogP) is 4.61. The van der Waals surface area contributed by atoms with Crippen molar-refractivity contribution in [1.29, 1.82) is 0 Å². The maximum atomic E-state index is 13.5. The van der Waals surface area contributed by atoms with Gasteiger partial charge in [0.15, 0.2) is 5.13 Å². The predicted molar refractivity (Wildman–Crippen MR) is 126 cm³/mol. The molecule has 0 saturated carbocycles. The largest absolute Gasteiger partial charge is 0.379 e.